The summed E-state index contributed by atoms with van der Waals surface area (Å²) >= 11 is 0. The second kappa shape index (κ2) is 9.00. The van der Waals surface area contributed by atoms with Crippen molar-refractivity contribution >= 4 is 17.6 Å². The number of benzene rings is 1. The fraction of sp³-hybridized carbons (Fsp3) is 0.500. The number of nitrogens with two attached hydrogens (primary N) is 1. The molecule has 0 bridgehead atoms. The van der Waals surface area contributed by atoms with Crippen molar-refractivity contribution < 1.29 is 19.1 Å². The molecule has 0 fully saturated rings. The molecule has 0 amide bonds. The number of aryl methyl sites for hydroxylation is 1. The standard InChI is InChI=1S/C16H23NO4/c1-3-20-15(18)7-5-4-6-10-21-16(19)13-8-9-14(17)12(2)11-13/h8-9,11H,3-7,10,17H2,1-2H3. The number of unbranched alkanes of at least 4 members (excludes halogenated alkanes) is 2. The number of carbonyl (C=O) groups is 2. The maximum absolute atomic E-state index is 11.8. The Morgan fingerprint density at radius 2 is 1.90 bits per heavy atom. The van der Waals surface area contributed by atoms with E-state index in [1.165, 1.54) is 0 Å². The fourth-order valence-electron chi connectivity index (χ4n) is 1.83. The second-order valence-electron chi connectivity index (χ2n) is 4.82. The van der Waals surface area contributed by atoms with Crippen molar-refractivity contribution in [3.63, 3.8) is 0 Å². The Hall–Kier alpha value is -2.04. The molecular formula is C16H23NO4. The summed E-state index contributed by atoms with van der Waals surface area (Å²) in [6.07, 6.45) is 2.72. The zero-order valence-electron chi connectivity index (χ0n) is 12.7. The van der Waals surface area contributed by atoms with Crippen molar-refractivity contribution in [1.82, 2.24) is 0 Å². The van der Waals surface area contributed by atoms with Gasteiger partial charge in [-0.3, -0.25) is 4.79 Å². The van der Waals surface area contributed by atoms with Crippen molar-refractivity contribution in [3.05, 3.63) is 29.3 Å². The molecule has 0 aromatic heterocycles. The molecule has 0 unspecified atom stereocenters. The van der Waals surface area contributed by atoms with Crippen molar-refractivity contribution in [2.45, 2.75) is 39.5 Å². The molecule has 1 aromatic carbocycles. The molecule has 2 N–H and O–H groups in total. The third-order valence-corrected chi connectivity index (χ3v) is 3.07. The highest BCUT2D eigenvalue weighted by Crippen LogP contribution is 2.13. The van der Waals surface area contributed by atoms with Gasteiger partial charge in [0.25, 0.3) is 0 Å². The lowest BCUT2D eigenvalue weighted by Crippen LogP contribution is -2.08. The van der Waals surface area contributed by atoms with Crippen LogP contribution >= 0.6 is 0 Å². The van der Waals surface area contributed by atoms with Crippen LogP contribution in [0.4, 0.5) is 5.69 Å². The smallest absolute Gasteiger partial charge is 0.338 e. The van der Waals surface area contributed by atoms with Crippen LogP contribution in [0.15, 0.2) is 18.2 Å². The predicted molar refractivity (Wildman–Crippen MR) is 81.0 cm³/mol. The minimum Gasteiger partial charge on any atom is -0.466 e. The van der Waals surface area contributed by atoms with Crippen LogP contribution in [0.25, 0.3) is 0 Å². The van der Waals surface area contributed by atoms with Crippen LogP contribution in [0.3, 0.4) is 0 Å². The van der Waals surface area contributed by atoms with E-state index in [9.17, 15) is 9.59 Å². The van der Waals surface area contributed by atoms with Crippen LogP contribution in [0.1, 0.15) is 48.5 Å². The van der Waals surface area contributed by atoms with Gasteiger partial charge < -0.3 is 15.2 Å². The summed E-state index contributed by atoms with van der Waals surface area (Å²) in [7, 11) is 0. The maximum atomic E-state index is 11.8. The average molecular weight is 293 g/mol. The first kappa shape index (κ1) is 17.0. The predicted octanol–water partition coefficient (Wildman–Crippen LogP) is 2.86. The van der Waals surface area contributed by atoms with Gasteiger partial charge in [-0.2, -0.15) is 0 Å². The summed E-state index contributed by atoms with van der Waals surface area (Å²) < 4.78 is 10.0. The Bertz CT molecular complexity index is 485. The van der Waals surface area contributed by atoms with Gasteiger partial charge in [-0.25, -0.2) is 4.79 Å². The molecular weight excluding hydrogens is 270 g/mol. The molecule has 0 aliphatic carbocycles. The Balaban J connectivity index is 2.19. The van der Waals surface area contributed by atoms with Crippen LogP contribution in [0, 0.1) is 6.92 Å². The minimum absolute atomic E-state index is 0.174. The fourth-order valence-corrected chi connectivity index (χ4v) is 1.83. The maximum Gasteiger partial charge on any atom is 0.338 e. The van der Waals surface area contributed by atoms with Gasteiger partial charge >= 0.3 is 11.9 Å². The molecule has 1 rings (SSSR count). The molecule has 5 nitrogen and oxygen atoms in total. The van der Waals surface area contributed by atoms with E-state index in [0.717, 1.165) is 24.8 Å². The summed E-state index contributed by atoms with van der Waals surface area (Å²) in [5, 5.41) is 0. The molecule has 116 valence electrons. The Morgan fingerprint density at radius 1 is 1.14 bits per heavy atom. The van der Waals surface area contributed by atoms with E-state index < -0.39 is 0 Å². The highest BCUT2D eigenvalue weighted by molar-refractivity contribution is 5.90. The summed E-state index contributed by atoms with van der Waals surface area (Å²) in [5.74, 6) is -0.518. The second-order valence-corrected chi connectivity index (χ2v) is 4.82. The average Bonchev–Trinajstić information content (AvgIpc) is 2.45. The first-order valence-electron chi connectivity index (χ1n) is 7.23. The molecule has 0 saturated heterocycles. The van der Waals surface area contributed by atoms with E-state index in [4.69, 9.17) is 15.2 Å². The Kier molecular flexibility index (Phi) is 7.29. The van der Waals surface area contributed by atoms with Crippen molar-refractivity contribution in [2.75, 3.05) is 18.9 Å². The van der Waals surface area contributed by atoms with E-state index in [1.807, 2.05) is 6.92 Å². The summed E-state index contributed by atoms with van der Waals surface area (Å²) in [5.41, 5.74) is 7.73. The molecule has 0 saturated carbocycles. The van der Waals surface area contributed by atoms with Gasteiger partial charge in [-0.05, 0) is 56.9 Å². The van der Waals surface area contributed by atoms with Crippen molar-refractivity contribution in [2.24, 2.45) is 0 Å². The zero-order valence-corrected chi connectivity index (χ0v) is 12.7. The number of esters is 2. The lowest BCUT2D eigenvalue weighted by molar-refractivity contribution is -0.143. The first-order chi connectivity index (χ1) is 10.0. The number of anilines is 1. The highest BCUT2D eigenvalue weighted by Gasteiger charge is 2.08. The normalized spacial score (nSPS) is 10.2. The zero-order chi connectivity index (χ0) is 15.7. The number of hydrogen-bond acceptors (Lipinski definition) is 5. The molecule has 21 heavy (non-hydrogen) atoms. The number of rotatable bonds is 8. The van der Waals surface area contributed by atoms with Crippen LogP contribution in [-0.2, 0) is 14.3 Å². The topological polar surface area (TPSA) is 78.6 Å². The lowest BCUT2D eigenvalue weighted by atomic mass is 10.1. The molecule has 0 spiro atoms. The van der Waals surface area contributed by atoms with Gasteiger partial charge in [0.1, 0.15) is 0 Å². The number of hydrogen-bond donors (Lipinski definition) is 1. The van der Waals surface area contributed by atoms with E-state index in [0.29, 0.717) is 30.9 Å². The Labute approximate surface area is 125 Å². The number of ether oxygens (including phenoxy) is 2. The summed E-state index contributed by atoms with van der Waals surface area (Å²) in [6.45, 7) is 4.40. The van der Waals surface area contributed by atoms with Gasteiger partial charge in [0.2, 0.25) is 0 Å². The van der Waals surface area contributed by atoms with Gasteiger partial charge in [0, 0.05) is 12.1 Å². The summed E-state index contributed by atoms with van der Waals surface area (Å²) in [6, 6.07) is 5.08. The van der Waals surface area contributed by atoms with E-state index in [2.05, 4.69) is 0 Å². The molecule has 5 heteroatoms. The first-order valence-corrected chi connectivity index (χ1v) is 7.23. The molecule has 0 aliphatic rings. The molecule has 0 heterocycles. The van der Waals surface area contributed by atoms with Crippen LogP contribution in [0.2, 0.25) is 0 Å². The SMILES string of the molecule is CCOC(=O)CCCCCOC(=O)c1ccc(N)c(C)c1. The van der Waals surface area contributed by atoms with Gasteiger partial charge in [0.05, 0.1) is 18.8 Å². The third kappa shape index (κ3) is 6.29. The quantitative estimate of drug-likeness (QED) is 0.453. The lowest BCUT2D eigenvalue weighted by Gasteiger charge is -2.06. The summed E-state index contributed by atoms with van der Waals surface area (Å²) in [4.78, 5) is 22.9. The third-order valence-electron chi connectivity index (χ3n) is 3.07. The largest absolute Gasteiger partial charge is 0.466 e. The van der Waals surface area contributed by atoms with Crippen molar-refractivity contribution in [1.29, 1.82) is 0 Å². The number of carbonyl (C=O) groups excluding carboxylic acids is 2. The van der Waals surface area contributed by atoms with E-state index >= 15 is 0 Å². The molecule has 1 aromatic rings. The minimum atomic E-state index is -0.344. The van der Waals surface area contributed by atoms with E-state index in [1.54, 1.807) is 25.1 Å². The molecule has 0 atom stereocenters. The van der Waals surface area contributed by atoms with E-state index in [-0.39, 0.29) is 11.9 Å². The van der Waals surface area contributed by atoms with Gasteiger partial charge in [-0.15, -0.1) is 0 Å². The van der Waals surface area contributed by atoms with Crippen LogP contribution < -0.4 is 5.73 Å². The van der Waals surface area contributed by atoms with Crippen LogP contribution in [0.5, 0.6) is 0 Å². The molecule has 0 radical (unpaired) electrons. The monoisotopic (exact) mass is 293 g/mol. The molecule has 0 aliphatic heterocycles. The van der Waals surface area contributed by atoms with Crippen molar-refractivity contribution in [3.8, 4) is 0 Å². The number of nitrogen functional groups attached to an aromatic ring is 1. The van der Waals surface area contributed by atoms with Gasteiger partial charge in [-0.1, -0.05) is 0 Å². The Morgan fingerprint density at radius 3 is 2.57 bits per heavy atom. The van der Waals surface area contributed by atoms with Crippen LogP contribution in [-0.4, -0.2) is 25.2 Å². The highest BCUT2D eigenvalue weighted by atomic mass is 16.5. The van der Waals surface area contributed by atoms with Gasteiger partial charge in [0.15, 0.2) is 0 Å².